The van der Waals surface area contributed by atoms with Gasteiger partial charge < -0.3 is 15.0 Å². The number of benzene rings is 1. The number of nitrogens with zero attached hydrogens (tertiary/aromatic N) is 5. The fourth-order valence-electron chi connectivity index (χ4n) is 3.82. The van der Waals surface area contributed by atoms with Crippen LogP contribution in [0.4, 0.5) is 5.69 Å². The average molecular weight is 437 g/mol. The maximum Gasteiger partial charge on any atom is 0.278 e. The molecule has 3 heterocycles. The minimum atomic E-state index is -0.175. The van der Waals surface area contributed by atoms with Crippen LogP contribution in [0.1, 0.15) is 37.2 Å². The first-order valence-corrected chi connectivity index (χ1v) is 11.0. The van der Waals surface area contributed by atoms with Crippen molar-refractivity contribution in [3.8, 4) is 11.4 Å². The van der Waals surface area contributed by atoms with E-state index < -0.39 is 0 Å². The van der Waals surface area contributed by atoms with E-state index in [1.165, 1.54) is 0 Å². The van der Waals surface area contributed by atoms with Gasteiger partial charge in [0, 0.05) is 31.7 Å². The van der Waals surface area contributed by atoms with Crippen LogP contribution in [-0.2, 0) is 11.3 Å². The van der Waals surface area contributed by atoms with Gasteiger partial charge in [0.15, 0.2) is 11.4 Å². The van der Waals surface area contributed by atoms with Crippen LogP contribution in [0.2, 0.25) is 0 Å². The maximum absolute atomic E-state index is 13.2. The van der Waals surface area contributed by atoms with Crippen LogP contribution < -0.4 is 10.1 Å². The number of ether oxygens (including phenoxy) is 1. The molecule has 0 radical (unpaired) electrons. The number of likely N-dealkylation sites (tertiary alicyclic amines) is 1. The molecule has 1 fully saturated rings. The molecular formula is C23H28N6O3. The fraction of sp³-hybridized carbons (Fsp3) is 0.391. The number of nitrogens with one attached hydrogen (secondary N) is 1. The summed E-state index contributed by atoms with van der Waals surface area (Å²) in [6, 6.07) is 9.61. The topological polar surface area (TPSA) is 94.3 Å². The van der Waals surface area contributed by atoms with E-state index in [0.29, 0.717) is 49.7 Å². The smallest absolute Gasteiger partial charge is 0.278 e. The Morgan fingerprint density at radius 1 is 1.12 bits per heavy atom. The molecule has 3 aromatic rings. The number of aromatic nitrogens is 4. The van der Waals surface area contributed by atoms with Crippen LogP contribution in [0, 0.1) is 5.92 Å². The zero-order chi connectivity index (χ0) is 22.5. The molecule has 1 aliphatic heterocycles. The largest absolute Gasteiger partial charge is 0.490 e. The number of para-hydroxylation sites is 1. The minimum absolute atomic E-state index is 0.0314. The SMILES string of the molecule is CCOc1cn(-c2ccccc2)nc1C(=O)N1CCC(C(=O)Nc2cnn(CC)c2)CC1. The third-order valence-electron chi connectivity index (χ3n) is 5.58. The summed E-state index contributed by atoms with van der Waals surface area (Å²) >= 11 is 0. The van der Waals surface area contributed by atoms with E-state index >= 15 is 0 Å². The normalized spacial score (nSPS) is 14.4. The van der Waals surface area contributed by atoms with Gasteiger partial charge in [-0.3, -0.25) is 14.3 Å². The van der Waals surface area contributed by atoms with E-state index in [4.69, 9.17) is 4.74 Å². The van der Waals surface area contributed by atoms with Crippen LogP contribution in [0.3, 0.4) is 0 Å². The molecule has 1 N–H and O–H groups in total. The van der Waals surface area contributed by atoms with E-state index in [0.717, 1.165) is 12.2 Å². The lowest BCUT2D eigenvalue weighted by Gasteiger charge is -2.30. The van der Waals surface area contributed by atoms with Crippen molar-refractivity contribution >= 4 is 17.5 Å². The highest BCUT2D eigenvalue weighted by Gasteiger charge is 2.31. The Morgan fingerprint density at radius 2 is 1.88 bits per heavy atom. The van der Waals surface area contributed by atoms with Gasteiger partial charge in [-0.2, -0.15) is 10.2 Å². The second kappa shape index (κ2) is 9.67. The molecule has 9 heteroatoms. The van der Waals surface area contributed by atoms with Crippen molar-refractivity contribution in [1.29, 1.82) is 0 Å². The van der Waals surface area contributed by atoms with Crippen molar-refractivity contribution in [1.82, 2.24) is 24.5 Å². The van der Waals surface area contributed by atoms with Crippen molar-refractivity contribution in [3.63, 3.8) is 0 Å². The number of carbonyl (C=O) groups excluding carboxylic acids is 2. The number of piperidine rings is 1. The van der Waals surface area contributed by atoms with Gasteiger partial charge in [-0.25, -0.2) is 4.68 Å². The third kappa shape index (κ3) is 4.66. The number of amides is 2. The molecule has 0 aliphatic carbocycles. The van der Waals surface area contributed by atoms with Gasteiger partial charge in [-0.15, -0.1) is 0 Å². The molecule has 0 atom stereocenters. The van der Waals surface area contributed by atoms with E-state index in [-0.39, 0.29) is 17.7 Å². The molecule has 4 rings (SSSR count). The van der Waals surface area contributed by atoms with Crippen molar-refractivity contribution in [2.75, 3.05) is 25.0 Å². The summed E-state index contributed by atoms with van der Waals surface area (Å²) in [4.78, 5) is 27.6. The standard InChI is InChI=1S/C23H28N6O3/c1-3-28-15-18(14-24-28)25-22(30)17-10-12-27(13-11-17)23(31)21-20(32-4-2)16-29(26-21)19-8-6-5-7-9-19/h5-9,14-17H,3-4,10-13H2,1-2H3,(H,25,30). The molecule has 1 saturated heterocycles. The summed E-state index contributed by atoms with van der Waals surface area (Å²) in [5.41, 5.74) is 1.85. The summed E-state index contributed by atoms with van der Waals surface area (Å²) in [7, 11) is 0. The van der Waals surface area contributed by atoms with E-state index in [2.05, 4.69) is 15.5 Å². The molecule has 2 amide bonds. The lowest BCUT2D eigenvalue weighted by atomic mass is 9.95. The molecule has 0 saturated carbocycles. The highest BCUT2D eigenvalue weighted by atomic mass is 16.5. The number of rotatable bonds is 7. The third-order valence-corrected chi connectivity index (χ3v) is 5.58. The molecule has 9 nitrogen and oxygen atoms in total. The highest BCUT2D eigenvalue weighted by Crippen LogP contribution is 2.25. The van der Waals surface area contributed by atoms with Gasteiger partial charge in [0.2, 0.25) is 5.91 Å². The minimum Gasteiger partial charge on any atom is -0.490 e. The fourth-order valence-corrected chi connectivity index (χ4v) is 3.82. The van der Waals surface area contributed by atoms with Crippen molar-refractivity contribution in [2.45, 2.75) is 33.2 Å². The Bertz CT molecular complexity index is 1070. The quantitative estimate of drug-likeness (QED) is 0.615. The molecule has 2 aromatic heterocycles. The Kier molecular flexibility index (Phi) is 6.53. The molecule has 168 valence electrons. The molecule has 0 unspecified atom stereocenters. The first kappa shape index (κ1) is 21.6. The van der Waals surface area contributed by atoms with E-state index in [1.54, 1.807) is 26.7 Å². The summed E-state index contributed by atoms with van der Waals surface area (Å²) in [6.45, 7) is 6.05. The van der Waals surface area contributed by atoms with Gasteiger partial charge in [0.05, 0.1) is 30.4 Å². The summed E-state index contributed by atoms with van der Waals surface area (Å²) in [5, 5.41) is 11.6. The number of hydrogen-bond donors (Lipinski definition) is 1. The first-order chi connectivity index (χ1) is 15.6. The zero-order valence-electron chi connectivity index (χ0n) is 18.4. The van der Waals surface area contributed by atoms with E-state index in [9.17, 15) is 9.59 Å². The Morgan fingerprint density at radius 3 is 2.53 bits per heavy atom. The highest BCUT2D eigenvalue weighted by molar-refractivity contribution is 5.96. The molecule has 0 spiro atoms. The zero-order valence-corrected chi connectivity index (χ0v) is 18.4. The maximum atomic E-state index is 13.2. The van der Waals surface area contributed by atoms with Crippen molar-refractivity contribution in [3.05, 3.63) is 54.6 Å². The Labute approximate surface area is 187 Å². The van der Waals surface area contributed by atoms with Gasteiger partial charge >= 0.3 is 0 Å². The van der Waals surface area contributed by atoms with Crippen molar-refractivity contribution < 1.29 is 14.3 Å². The van der Waals surface area contributed by atoms with Gasteiger partial charge in [0.25, 0.3) is 5.91 Å². The number of aryl methyl sites for hydroxylation is 1. The molecule has 0 bridgehead atoms. The Hall–Kier alpha value is -3.62. The summed E-state index contributed by atoms with van der Waals surface area (Å²) in [6.07, 6.45) is 6.40. The average Bonchev–Trinajstić information content (AvgIpc) is 3.46. The molecule has 1 aliphatic rings. The second-order valence-corrected chi connectivity index (χ2v) is 7.70. The van der Waals surface area contributed by atoms with Crippen LogP contribution in [-0.4, -0.2) is 56.0 Å². The van der Waals surface area contributed by atoms with Crippen LogP contribution in [0.25, 0.3) is 5.69 Å². The lowest BCUT2D eigenvalue weighted by molar-refractivity contribution is -0.121. The number of anilines is 1. The van der Waals surface area contributed by atoms with Crippen LogP contribution >= 0.6 is 0 Å². The van der Waals surface area contributed by atoms with Crippen LogP contribution in [0.5, 0.6) is 5.75 Å². The van der Waals surface area contributed by atoms with Gasteiger partial charge in [-0.1, -0.05) is 18.2 Å². The van der Waals surface area contributed by atoms with Gasteiger partial charge in [0.1, 0.15) is 0 Å². The predicted molar refractivity (Wildman–Crippen MR) is 120 cm³/mol. The molecule has 32 heavy (non-hydrogen) atoms. The van der Waals surface area contributed by atoms with Gasteiger partial charge in [-0.05, 0) is 38.8 Å². The second-order valence-electron chi connectivity index (χ2n) is 7.70. The Balaban J connectivity index is 1.40. The molecule has 1 aromatic carbocycles. The van der Waals surface area contributed by atoms with Crippen LogP contribution in [0.15, 0.2) is 48.9 Å². The summed E-state index contributed by atoms with van der Waals surface area (Å²) in [5.74, 6) is 0.119. The number of hydrogen-bond acceptors (Lipinski definition) is 5. The first-order valence-electron chi connectivity index (χ1n) is 11.0. The summed E-state index contributed by atoms with van der Waals surface area (Å²) < 4.78 is 9.11. The molecular weight excluding hydrogens is 408 g/mol. The predicted octanol–water partition coefficient (Wildman–Crippen LogP) is 2.98. The number of carbonyl (C=O) groups is 2. The lowest BCUT2D eigenvalue weighted by Crippen LogP contribution is -2.41. The monoisotopic (exact) mass is 436 g/mol. The van der Waals surface area contributed by atoms with Crippen molar-refractivity contribution in [2.24, 2.45) is 5.92 Å². The van der Waals surface area contributed by atoms with E-state index in [1.807, 2.05) is 50.4 Å².